The van der Waals surface area contributed by atoms with Gasteiger partial charge in [-0.25, -0.2) is 0 Å². The number of nitrogens with two attached hydrogens (primary N) is 1. The first-order chi connectivity index (χ1) is 6.81. The molecule has 0 atom stereocenters. The summed E-state index contributed by atoms with van der Waals surface area (Å²) < 4.78 is 5.41. The molecule has 14 heavy (non-hydrogen) atoms. The smallest absolute Gasteiger partial charge is 0.119 e. The topological polar surface area (TPSA) is 35.2 Å². The predicted octanol–water partition coefficient (Wildman–Crippen LogP) is 2.82. The lowest BCUT2D eigenvalue weighted by Gasteiger charge is -2.05. The fourth-order valence-corrected chi connectivity index (χ4v) is 1.54. The molecule has 2 aromatic carbocycles. The molecule has 2 rings (SSSR count). The zero-order valence-electron chi connectivity index (χ0n) is 8.16. The van der Waals surface area contributed by atoms with Crippen molar-refractivity contribution in [1.29, 1.82) is 0 Å². The average molecular weight is 187 g/mol. The van der Waals surface area contributed by atoms with Gasteiger partial charge in [0.2, 0.25) is 0 Å². The van der Waals surface area contributed by atoms with Crippen molar-refractivity contribution in [2.45, 2.75) is 6.92 Å². The number of nitrogen functional groups attached to an aromatic ring is 1. The van der Waals surface area contributed by atoms with E-state index < -0.39 is 0 Å². The third-order valence-electron chi connectivity index (χ3n) is 2.20. The van der Waals surface area contributed by atoms with E-state index in [0.29, 0.717) is 6.61 Å². The van der Waals surface area contributed by atoms with Crippen LogP contribution in [-0.4, -0.2) is 6.61 Å². The van der Waals surface area contributed by atoms with Crippen LogP contribution < -0.4 is 10.5 Å². The Morgan fingerprint density at radius 1 is 1.21 bits per heavy atom. The van der Waals surface area contributed by atoms with Crippen LogP contribution in [0.25, 0.3) is 10.8 Å². The Balaban J connectivity index is 2.56. The van der Waals surface area contributed by atoms with E-state index in [1.807, 2.05) is 43.3 Å². The first-order valence-electron chi connectivity index (χ1n) is 4.72. The highest BCUT2D eigenvalue weighted by Crippen LogP contribution is 2.24. The number of hydrogen-bond acceptors (Lipinski definition) is 2. The summed E-state index contributed by atoms with van der Waals surface area (Å²) in [7, 11) is 0. The summed E-state index contributed by atoms with van der Waals surface area (Å²) >= 11 is 0. The normalized spacial score (nSPS) is 10.4. The lowest BCUT2D eigenvalue weighted by Crippen LogP contribution is -1.91. The van der Waals surface area contributed by atoms with Gasteiger partial charge in [0.15, 0.2) is 0 Å². The molecule has 0 fully saturated rings. The summed E-state index contributed by atoms with van der Waals surface area (Å²) in [6, 6.07) is 11.8. The van der Waals surface area contributed by atoms with Gasteiger partial charge in [0.1, 0.15) is 5.75 Å². The zero-order chi connectivity index (χ0) is 9.97. The Labute approximate surface area is 83.3 Å². The van der Waals surface area contributed by atoms with Gasteiger partial charge in [-0.05, 0) is 36.6 Å². The predicted molar refractivity (Wildman–Crippen MR) is 59.5 cm³/mol. The second-order valence-electron chi connectivity index (χ2n) is 3.16. The number of anilines is 1. The van der Waals surface area contributed by atoms with Crippen molar-refractivity contribution >= 4 is 16.5 Å². The molecule has 2 nitrogen and oxygen atoms in total. The van der Waals surface area contributed by atoms with Crippen LogP contribution in [0.4, 0.5) is 5.69 Å². The molecule has 0 unspecified atom stereocenters. The van der Waals surface area contributed by atoms with Gasteiger partial charge >= 0.3 is 0 Å². The number of rotatable bonds is 2. The molecule has 72 valence electrons. The maximum absolute atomic E-state index is 5.84. The van der Waals surface area contributed by atoms with Crippen LogP contribution in [0.3, 0.4) is 0 Å². The van der Waals surface area contributed by atoms with Gasteiger partial charge in [-0.3, -0.25) is 0 Å². The van der Waals surface area contributed by atoms with E-state index in [1.165, 1.54) is 0 Å². The Hall–Kier alpha value is -1.70. The molecule has 0 saturated heterocycles. The number of ether oxygens (including phenoxy) is 1. The van der Waals surface area contributed by atoms with Gasteiger partial charge in [-0.15, -0.1) is 0 Å². The van der Waals surface area contributed by atoms with Gasteiger partial charge in [0.05, 0.1) is 6.61 Å². The summed E-state index contributed by atoms with van der Waals surface area (Å²) in [4.78, 5) is 0. The van der Waals surface area contributed by atoms with Crippen molar-refractivity contribution in [3.63, 3.8) is 0 Å². The minimum Gasteiger partial charge on any atom is -0.494 e. The van der Waals surface area contributed by atoms with E-state index in [4.69, 9.17) is 10.5 Å². The van der Waals surface area contributed by atoms with E-state index >= 15 is 0 Å². The summed E-state index contributed by atoms with van der Waals surface area (Å²) in [6.45, 7) is 2.66. The van der Waals surface area contributed by atoms with E-state index in [0.717, 1.165) is 22.2 Å². The molecule has 0 saturated carbocycles. The summed E-state index contributed by atoms with van der Waals surface area (Å²) in [6.07, 6.45) is 0. The van der Waals surface area contributed by atoms with E-state index in [2.05, 4.69) is 0 Å². The van der Waals surface area contributed by atoms with Crippen LogP contribution in [0.5, 0.6) is 5.75 Å². The molecule has 0 bridgehead atoms. The molecule has 0 aliphatic carbocycles. The SMILES string of the molecule is CCOc1ccc2c(N)cccc2c1. The number of hydrogen-bond donors (Lipinski definition) is 1. The lowest BCUT2D eigenvalue weighted by molar-refractivity contribution is 0.341. The minimum absolute atomic E-state index is 0.688. The van der Waals surface area contributed by atoms with Crippen LogP contribution in [0, 0.1) is 0 Å². The maximum atomic E-state index is 5.84. The fraction of sp³-hybridized carbons (Fsp3) is 0.167. The second kappa shape index (κ2) is 3.58. The molecule has 0 amide bonds. The van der Waals surface area contributed by atoms with Crippen molar-refractivity contribution in [1.82, 2.24) is 0 Å². The van der Waals surface area contributed by atoms with Crippen molar-refractivity contribution < 1.29 is 4.74 Å². The van der Waals surface area contributed by atoms with Crippen molar-refractivity contribution in [2.75, 3.05) is 12.3 Å². The Morgan fingerprint density at radius 3 is 2.86 bits per heavy atom. The molecule has 2 aromatic rings. The Kier molecular flexibility index (Phi) is 2.27. The fourth-order valence-electron chi connectivity index (χ4n) is 1.54. The first-order valence-corrected chi connectivity index (χ1v) is 4.72. The largest absolute Gasteiger partial charge is 0.494 e. The number of benzene rings is 2. The van der Waals surface area contributed by atoms with Gasteiger partial charge in [0, 0.05) is 11.1 Å². The highest BCUT2D eigenvalue weighted by molar-refractivity contribution is 5.93. The molecule has 2 N–H and O–H groups in total. The average Bonchev–Trinajstić information content (AvgIpc) is 2.18. The van der Waals surface area contributed by atoms with Crippen molar-refractivity contribution in [3.8, 4) is 5.75 Å². The summed E-state index contributed by atoms with van der Waals surface area (Å²) in [5.41, 5.74) is 6.65. The van der Waals surface area contributed by atoms with Crippen LogP contribution in [0.2, 0.25) is 0 Å². The van der Waals surface area contributed by atoms with E-state index in [9.17, 15) is 0 Å². The van der Waals surface area contributed by atoms with Gasteiger partial charge in [-0.1, -0.05) is 12.1 Å². The molecule has 0 radical (unpaired) electrons. The van der Waals surface area contributed by atoms with Crippen molar-refractivity contribution in [3.05, 3.63) is 36.4 Å². The second-order valence-corrected chi connectivity index (χ2v) is 3.16. The monoisotopic (exact) mass is 187 g/mol. The maximum Gasteiger partial charge on any atom is 0.119 e. The van der Waals surface area contributed by atoms with E-state index in [1.54, 1.807) is 0 Å². The Bertz CT molecular complexity index is 451. The van der Waals surface area contributed by atoms with Gasteiger partial charge in [0.25, 0.3) is 0 Å². The highest BCUT2D eigenvalue weighted by atomic mass is 16.5. The first kappa shape index (κ1) is 8.88. The number of fused-ring (bicyclic) bond motifs is 1. The molecule has 0 aliphatic heterocycles. The molecular formula is C12H13NO. The van der Waals surface area contributed by atoms with Crippen LogP contribution in [-0.2, 0) is 0 Å². The molecule has 0 aliphatic rings. The van der Waals surface area contributed by atoms with Crippen LogP contribution >= 0.6 is 0 Å². The molecule has 2 heteroatoms. The quantitative estimate of drug-likeness (QED) is 0.734. The van der Waals surface area contributed by atoms with Gasteiger partial charge < -0.3 is 10.5 Å². The van der Waals surface area contributed by atoms with Crippen LogP contribution in [0.15, 0.2) is 36.4 Å². The molecule has 0 spiro atoms. The zero-order valence-corrected chi connectivity index (χ0v) is 8.16. The summed E-state index contributed by atoms with van der Waals surface area (Å²) in [5.74, 6) is 0.894. The molecule has 0 heterocycles. The summed E-state index contributed by atoms with van der Waals surface area (Å²) in [5, 5.41) is 2.20. The van der Waals surface area contributed by atoms with E-state index in [-0.39, 0.29) is 0 Å². The lowest BCUT2D eigenvalue weighted by atomic mass is 10.1. The van der Waals surface area contributed by atoms with Crippen molar-refractivity contribution in [2.24, 2.45) is 0 Å². The van der Waals surface area contributed by atoms with Crippen LogP contribution in [0.1, 0.15) is 6.92 Å². The minimum atomic E-state index is 0.688. The molecule has 0 aromatic heterocycles. The third kappa shape index (κ3) is 1.51. The third-order valence-corrected chi connectivity index (χ3v) is 2.20. The highest BCUT2D eigenvalue weighted by Gasteiger charge is 1.98. The standard InChI is InChI=1S/C12H13NO/c1-2-14-10-6-7-11-9(8-10)4-3-5-12(11)13/h3-8H,2,13H2,1H3. The molecular weight excluding hydrogens is 174 g/mol. The Morgan fingerprint density at radius 2 is 2.07 bits per heavy atom. The van der Waals surface area contributed by atoms with Gasteiger partial charge in [-0.2, -0.15) is 0 Å².